The van der Waals surface area contributed by atoms with E-state index >= 15 is 0 Å². The zero-order valence-electron chi connectivity index (χ0n) is 14.4. The van der Waals surface area contributed by atoms with Crippen molar-refractivity contribution >= 4 is 27.7 Å². The molecule has 0 amide bonds. The topological polar surface area (TPSA) is 47.6 Å². The number of nitrogen functional groups attached to an aromatic ring is 1. The average Bonchev–Trinajstić information content (AvgIpc) is 2.62. The fourth-order valence-corrected chi connectivity index (χ4v) is 3.36. The number of hydrogen-bond acceptors (Lipinski definition) is 3. The van der Waals surface area contributed by atoms with Crippen LogP contribution in [0.15, 0.2) is 53.5 Å². The molecule has 0 aromatic heterocycles. The summed E-state index contributed by atoms with van der Waals surface area (Å²) in [4.78, 5) is 4.84. The van der Waals surface area contributed by atoms with Gasteiger partial charge in [0.25, 0.3) is 0 Å². The third-order valence-corrected chi connectivity index (χ3v) is 4.69. The molecule has 0 spiro atoms. The van der Waals surface area contributed by atoms with Gasteiger partial charge in [-0.25, -0.2) is 4.99 Å². The summed E-state index contributed by atoms with van der Waals surface area (Å²) in [5.74, 6) is 1.53. The van der Waals surface area contributed by atoms with Crippen molar-refractivity contribution in [2.24, 2.45) is 4.99 Å². The summed E-state index contributed by atoms with van der Waals surface area (Å²) in [5.41, 5.74) is 9.19. The van der Waals surface area contributed by atoms with Gasteiger partial charge in [-0.2, -0.15) is 0 Å². The maximum Gasteiger partial charge on any atom is 0.155 e. The van der Waals surface area contributed by atoms with Crippen molar-refractivity contribution in [2.45, 2.75) is 26.7 Å². The van der Waals surface area contributed by atoms with Gasteiger partial charge in [-0.15, -0.1) is 0 Å². The molecule has 3 nitrogen and oxygen atoms in total. The van der Waals surface area contributed by atoms with Crippen molar-refractivity contribution in [3.63, 3.8) is 0 Å². The van der Waals surface area contributed by atoms with Crippen molar-refractivity contribution < 1.29 is 23.3 Å². The molecule has 1 radical (unpaired) electrons. The number of fused-ring (bicyclic) bond motifs is 4. The number of anilines is 1. The standard InChI is InChI=1S/C21H20N2O.V/c1-3-13(4-2)14-9-10-18-19(11-14)24-20-12-17(22)15-7-5-6-8-16(15)21(20)23-18;/h5-12H,3-4,22H2,1-2H3;. The second kappa shape index (κ2) is 6.95. The van der Waals surface area contributed by atoms with Crippen molar-refractivity contribution in [1.82, 2.24) is 0 Å². The van der Waals surface area contributed by atoms with E-state index in [1.165, 1.54) is 10.8 Å². The number of rotatable bonds is 2. The quantitative estimate of drug-likeness (QED) is 0.532. The second-order valence-electron chi connectivity index (χ2n) is 6.07. The van der Waals surface area contributed by atoms with Crippen LogP contribution in [-0.2, 0) is 18.6 Å². The van der Waals surface area contributed by atoms with E-state index in [4.69, 9.17) is 15.5 Å². The third kappa shape index (κ3) is 2.94. The smallest absolute Gasteiger partial charge is 0.155 e. The Morgan fingerprint density at radius 3 is 2.40 bits per heavy atom. The molecule has 0 bridgehead atoms. The Bertz CT molecular complexity index is 1070. The van der Waals surface area contributed by atoms with Crippen molar-refractivity contribution in [2.75, 3.05) is 5.73 Å². The molecule has 1 aliphatic rings. The average molecular weight is 367 g/mol. The predicted octanol–water partition coefficient (Wildman–Crippen LogP) is 4.45. The molecule has 3 aromatic carbocycles. The Labute approximate surface area is 159 Å². The molecule has 4 rings (SSSR count). The maximum absolute atomic E-state index is 6.20. The Hall–Kier alpha value is -2.23. The third-order valence-electron chi connectivity index (χ3n) is 4.69. The van der Waals surface area contributed by atoms with Crippen LogP contribution in [0.1, 0.15) is 26.7 Å². The number of nitrogens with two attached hydrogens (primary N) is 1. The molecule has 2 N–H and O–H groups in total. The van der Waals surface area contributed by atoms with E-state index in [-0.39, 0.29) is 18.6 Å². The molecule has 0 saturated carbocycles. The predicted molar refractivity (Wildman–Crippen MR) is 99.3 cm³/mol. The molecule has 0 unspecified atom stereocenters. The zero-order chi connectivity index (χ0) is 16.7. The Kier molecular flexibility index (Phi) is 4.89. The monoisotopic (exact) mass is 367 g/mol. The Morgan fingerprint density at radius 1 is 0.960 bits per heavy atom. The fraction of sp³-hybridized carbons (Fsp3) is 0.190. The Morgan fingerprint density at radius 2 is 1.68 bits per heavy atom. The molecule has 125 valence electrons. The van der Waals surface area contributed by atoms with Crippen molar-refractivity contribution in [1.29, 1.82) is 0 Å². The first kappa shape index (κ1) is 17.6. The molecule has 1 heterocycles. The summed E-state index contributed by atoms with van der Waals surface area (Å²) in [6, 6.07) is 16.2. The molecule has 0 saturated heterocycles. The number of hydrogen-bond donors (Lipinski definition) is 1. The van der Waals surface area contributed by atoms with E-state index in [1.54, 1.807) is 0 Å². The van der Waals surface area contributed by atoms with Crippen LogP contribution in [0, 0.1) is 0 Å². The fourth-order valence-electron chi connectivity index (χ4n) is 3.36. The van der Waals surface area contributed by atoms with Gasteiger partial charge in [0.1, 0.15) is 11.0 Å². The van der Waals surface area contributed by atoms with Crippen LogP contribution in [0.25, 0.3) is 16.3 Å². The number of benzene rings is 3. The van der Waals surface area contributed by atoms with Gasteiger partial charge in [0.15, 0.2) is 11.5 Å². The molecule has 25 heavy (non-hydrogen) atoms. The van der Waals surface area contributed by atoms with Gasteiger partial charge in [-0.05, 0) is 30.2 Å². The molecule has 0 fully saturated rings. The number of ether oxygens (including phenoxy) is 1. The van der Waals surface area contributed by atoms with E-state index in [0.29, 0.717) is 5.69 Å². The molecule has 4 heteroatoms. The minimum atomic E-state index is 0. The molecular formula is C21H20N2OV. The van der Waals surface area contributed by atoms with E-state index in [2.05, 4.69) is 26.0 Å². The minimum absolute atomic E-state index is 0. The first-order valence-electron chi connectivity index (χ1n) is 8.41. The van der Waals surface area contributed by atoms with E-state index in [0.717, 1.165) is 46.2 Å². The summed E-state index contributed by atoms with van der Waals surface area (Å²) in [7, 11) is 0. The van der Waals surface area contributed by atoms with Crippen LogP contribution in [0.3, 0.4) is 0 Å². The van der Waals surface area contributed by atoms with Crippen LogP contribution in [0.4, 0.5) is 11.4 Å². The minimum Gasteiger partial charge on any atom is -0.453 e. The van der Waals surface area contributed by atoms with Gasteiger partial charge in [0.05, 0.1) is 0 Å². The van der Waals surface area contributed by atoms with Crippen molar-refractivity contribution in [3.8, 4) is 11.5 Å². The van der Waals surface area contributed by atoms with Gasteiger partial charge in [-0.3, -0.25) is 0 Å². The molecule has 3 aromatic rings. The van der Waals surface area contributed by atoms with Gasteiger partial charge in [-0.1, -0.05) is 49.8 Å². The summed E-state index contributed by atoms with van der Waals surface area (Å²) in [5, 5.41) is 4.13. The SMILES string of the molecule is CCC(CC)=c1ccc2c(c1)Oc1cc(N)c3ccccc3c1N=2.[V]. The normalized spacial score (nSPS) is 11.6. The zero-order valence-corrected chi connectivity index (χ0v) is 15.8. The molecule has 0 aliphatic carbocycles. The van der Waals surface area contributed by atoms with Gasteiger partial charge in [0, 0.05) is 41.1 Å². The van der Waals surface area contributed by atoms with E-state index in [9.17, 15) is 0 Å². The van der Waals surface area contributed by atoms with Crippen LogP contribution < -0.4 is 21.0 Å². The van der Waals surface area contributed by atoms with Crippen LogP contribution in [0.2, 0.25) is 0 Å². The van der Waals surface area contributed by atoms with Gasteiger partial charge in [0.2, 0.25) is 0 Å². The van der Waals surface area contributed by atoms with E-state index < -0.39 is 0 Å². The van der Waals surface area contributed by atoms with Gasteiger partial charge < -0.3 is 10.5 Å². The molecule has 0 atom stereocenters. The first-order chi connectivity index (χ1) is 11.7. The first-order valence-corrected chi connectivity index (χ1v) is 8.41. The van der Waals surface area contributed by atoms with Crippen LogP contribution >= 0.6 is 0 Å². The largest absolute Gasteiger partial charge is 0.453 e. The van der Waals surface area contributed by atoms with Crippen LogP contribution in [-0.4, -0.2) is 0 Å². The molecule has 1 aliphatic heterocycles. The second-order valence-corrected chi connectivity index (χ2v) is 6.07. The Balaban J connectivity index is 0.00000182. The summed E-state index contributed by atoms with van der Waals surface area (Å²) >= 11 is 0. The summed E-state index contributed by atoms with van der Waals surface area (Å²) < 4.78 is 6.16. The van der Waals surface area contributed by atoms with Gasteiger partial charge >= 0.3 is 0 Å². The maximum atomic E-state index is 6.20. The number of nitrogens with zero attached hydrogens (tertiary/aromatic N) is 1. The summed E-state index contributed by atoms with van der Waals surface area (Å²) in [6.07, 6.45) is 2.08. The van der Waals surface area contributed by atoms with Crippen molar-refractivity contribution in [3.05, 3.63) is 59.1 Å². The van der Waals surface area contributed by atoms with Crippen LogP contribution in [0.5, 0.6) is 11.5 Å². The molecular weight excluding hydrogens is 347 g/mol. The summed E-state index contributed by atoms with van der Waals surface area (Å²) in [6.45, 7) is 4.37. The van der Waals surface area contributed by atoms with E-state index in [1.807, 2.05) is 36.4 Å².